The average molecular weight is 320 g/mol. The zero-order valence-corrected chi connectivity index (χ0v) is 13.2. The van der Waals surface area contributed by atoms with Gasteiger partial charge in [0.1, 0.15) is 11.5 Å². The van der Waals surface area contributed by atoms with Crippen molar-refractivity contribution in [3.8, 4) is 11.5 Å². The van der Waals surface area contributed by atoms with Gasteiger partial charge in [-0.2, -0.15) is 5.10 Å². The summed E-state index contributed by atoms with van der Waals surface area (Å²) in [5.74, 6) is 0.132. The first-order valence-electron chi connectivity index (χ1n) is 7.42. The number of nitrogens with one attached hydrogen (secondary N) is 1. The molecule has 0 spiro atoms. The number of amides is 1. The van der Waals surface area contributed by atoms with E-state index < -0.39 is 0 Å². The van der Waals surface area contributed by atoms with Gasteiger partial charge in [-0.25, -0.2) is 5.43 Å². The van der Waals surface area contributed by atoms with Crippen LogP contribution in [0.3, 0.4) is 0 Å². The molecule has 5 nitrogen and oxygen atoms in total. The summed E-state index contributed by atoms with van der Waals surface area (Å²) in [4.78, 5) is 13.7. The topological polar surface area (TPSA) is 70.9 Å². The Labute approximate surface area is 134 Å². The van der Waals surface area contributed by atoms with Crippen LogP contribution in [0.5, 0.6) is 11.5 Å². The Morgan fingerprint density at radius 1 is 1.45 bits per heavy atom. The van der Waals surface area contributed by atoms with Crippen LogP contribution in [0.25, 0.3) is 0 Å². The van der Waals surface area contributed by atoms with Gasteiger partial charge in [0.15, 0.2) is 0 Å². The lowest BCUT2D eigenvalue weighted by Gasteiger charge is -2.06. The number of hydrogen-bond donors (Lipinski definition) is 2. The summed E-state index contributed by atoms with van der Waals surface area (Å²) in [7, 11) is 1.50. The van der Waals surface area contributed by atoms with E-state index in [1.54, 1.807) is 18.2 Å². The first kappa shape index (κ1) is 14.6. The van der Waals surface area contributed by atoms with Crippen LogP contribution in [0, 0.1) is 0 Å². The number of thiophene rings is 1. The predicted octanol–water partition coefficient (Wildman–Crippen LogP) is 3.18. The van der Waals surface area contributed by atoms with Crippen molar-refractivity contribution >= 4 is 23.0 Å². The minimum Gasteiger partial charge on any atom is -0.507 e. The van der Waals surface area contributed by atoms with Gasteiger partial charge in [0.2, 0.25) is 0 Å². The van der Waals surface area contributed by atoms with E-state index in [4.69, 9.17) is 6.11 Å². The van der Waals surface area contributed by atoms with E-state index in [1.165, 1.54) is 24.5 Å². The molecule has 116 valence electrons. The van der Waals surface area contributed by atoms with Crippen molar-refractivity contribution in [3.63, 3.8) is 0 Å². The Morgan fingerprint density at radius 2 is 2.27 bits per heavy atom. The summed E-state index contributed by atoms with van der Waals surface area (Å²) in [6.07, 6.45) is 0.874. The molecule has 0 saturated heterocycles. The summed E-state index contributed by atoms with van der Waals surface area (Å²) in [5, 5.41) is 14.0. The fourth-order valence-electron chi connectivity index (χ4n) is 1.81. The molecule has 0 aliphatic carbocycles. The van der Waals surface area contributed by atoms with Crippen LogP contribution in [0.4, 0.5) is 0 Å². The Balaban J connectivity index is 2.17. The van der Waals surface area contributed by atoms with Gasteiger partial charge < -0.3 is 9.84 Å². The molecular weight excluding hydrogens is 300 g/mol. The van der Waals surface area contributed by atoms with Gasteiger partial charge in [-0.05, 0) is 37.6 Å². The normalized spacial score (nSPS) is 11.9. The van der Waals surface area contributed by atoms with E-state index in [9.17, 15) is 9.90 Å². The van der Waals surface area contributed by atoms with Gasteiger partial charge in [0.25, 0.3) is 5.91 Å². The molecule has 0 saturated carbocycles. The maximum Gasteiger partial charge on any atom is 0.281 e. The Morgan fingerprint density at radius 3 is 2.86 bits per heavy atom. The van der Waals surface area contributed by atoms with E-state index in [0.717, 1.165) is 11.3 Å². The molecule has 0 aliphatic heterocycles. The molecule has 1 aromatic heterocycles. The number of methoxy groups -OCH3 is 1. The quantitative estimate of drug-likeness (QED) is 0.656. The predicted molar refractivity (Wildman–Crippen MR) is 88.0 cm³/mol. The number of benzene rings is 1. The minimum absolute atomic E-state index is 0.0472. The summed E-state index contributed by atoms with van der Waals surface area (Å²) in [6.45, 7) is 1.85. The van der Waals surface area contributed by atoms with E-state index >= 15 is 0 Å². The van der Waals surface area contributed by atoms with Gasteiger partial charge in [0.05, 0.1) is 17.7 Å². The van der Waals surface area contributed by atoms with Gasteiger partial charge in [-0.3, -0.25) is 4.79 Å². The molecule has 0 aliphatic rings. The van der Waals surface area contributed by atoms with Gasteiger partial charge in [-0.1, -0.05) is 6.92 Å². The maximum atomic E-state index is 12.1. The summed E-state index contributed by atoms with van der Waals surface area (Å²) in [6, 6.07) is 8.36. The maximum absolute atomic E-state index is 12.1. The number of nitrogens with zero attached hydrogens (tertiary/aromatic N) is 1. The number of phenolic OH excluding ortho intramolecular Hbond substituents is 1. The minimum atomic E-state index is -0.325. The second-order valence-corrected chi connectivity index (χ2v) is 5.67. The number of rotatable bonds is 5. The van der Waals surface area contributed by atoms with Crippen molar-refractivity contribution in [3.05, 3.63) is 45.6 Å². The Bertz CT molecular complexity index is 728. The largest absolute Gasteiger partial charge is 0.507 e. The Kier molecular flexibility index (Phi) is 4.70. The van der Waals surface area contributed by atoms with E-state index in [0.29, 0.717) is 16.2 Å². The highest BCUT2D eigenvalue weighted by molar-refractivity contribution is 7.14. The molecular formula is C16H18N2O3S. The van der Waals surface area contributed by atoms with Crippen molar-refractivity contribution in [2.24, 2.45) is 5.10 Å². The van der Waals surface area contributed by atoms with E-state index in [1.807, 2.05) is 13.0 Å². The summed E-state index contributed by atoms with van der Waals surface area (Å²) in [5.41, 5.74) is 3.10. The summed E-state index contributed by atoms with van der Waals surface area (Å²) < 4.78 is 12.6. The highest BCUT2D eigenvalue weighted by Crippen LogP contribution is 2.24. The van der Waals surface area contributed by atoms with Gasteiger partial charge in [0, 0.05) is 17.9 Å². The van der Waals surface area contributed by atoms with Crippen LogP contribution in [0.15, 0.2) is 35.4 Å². The number of hydrazone groups is 1. The molecule has 0 atom stereocenters. The molecule has 1 amide bonds. The number of ether oxygens (including phenoxy) is 1. The van der Waals surface area contributed by atoms with Crippen LogP contribution >= 0.6 is 11.3 Å². The molecule has 2 N–H and O–H groups in total. The lowest BCUT2D eigenvalue weighted by Crippen LogP contribution is -2.18. The Hall–Kier alpha value is -2.34. The summed E-state index contributed by atoms with van der Waals surface area (Å²) >= 11 is 1.41. The van der Waals surface area contributed by atoms with Crippen molar-refractivity contribution < 1.29 is 16.0 Å². The molecule has 22 heavy (non-hydrogen) atoms. The van der Waals surface area contributed by atoms with Gasteiger partial charge >= 0.3 is 0 Å². The molecule has 0 fully saturated rings. The van der Waals surface area contributed by atoms with Crippen LogP contribution in [-0.4, -0.2) is 23.8 Å². The molecule has 6 heteroatoms. The second-order valence-electron chi connectivity index (χ2n) is 4.50. The van der Waals surface area contributed by atoms with Crippen LogP contribution < -0.4 is 10.2 Å². The first-order chi connectivity index (χ1) is 11.1. The fourth-order valence-corrected chi connectivity index (χ4v) is 2.64. The third kappa shape index (κ3) is 3.65. The van der Waals surface area contributed by atoms with Crippen LogP contribution in [0.1, 0.15) is 35.3 Å². The van der Waals surface area contributed by atoms with Crippen molar-refractivity contribution in [2.45, 2.75) is 20.2 Å². The number of carbonyl (C=O) groups is 1. The third-order valence-electron chi connectivity index (χ3n) is 3.04. The van der Waals surface area contributed by atoms with Crippen LogP contribution in [0.2, 0.25) is 0 Å². The number of aryl methyl sites for hydroxylation is 1. The lowest BCUT2D eigenvalue weighted by atomic mass is 10.1. The first-order valence-corrected chi connectivity index (χ1v) is 7.52. The molecule has 1 heterocycles. The number of carbonyl (C=O) groups excluding carboxylic acids is 1. The smallest absolute Gasteiger partial charge is 0.281 e. The van der Waals surface area contributed by atoms with E-state index in [-0.39, 0.29) is 24.3 Å². The third-order valence-corrected chi connectivity index (χ3v) is 4.27. The molecule has 2 aromatic rings. The zero-order valence-electron chi connectivity index (χ0n) is 13.4. The molecule has 0 unspecified atom stereocenters. The fraction of sp³-hybridized carbons (Fsp3) is 0.250. The lowest BCUT2D eigenvalue weighted by molar-refractivity contribution is 0.0959. The highest BCUT2D eigenvalue weighted by atomic mass is 32.1. The molecule has 1 aromatic carbocycles. The van der Waals surface area contributed by atoms with E-state index in [2.05, 4.69) is 10.5 Å². The standard InChI is InChI=1S/C16H18N2O3S/c1-4-12-6-8-15(22-12)16(20)18-17-10(2)13-7-5-11(21-3)9-14(13)19/h5-9,19H,4H2,1-3H3,(H,18,20)/b17-10+/i2T. The average Bonchev–Trinajstić information content (AvgIpc) is 3.05. The van der Waals surface area contributed by atoms with Crippen molar-refractivity contribution in [1.29, 1.82) is 0 Å². The van der Waals surface area contributed by atoms with Crippen molar-refractivity contribution in [1.82, 2.24) is 5.43 Å². The van der Waals surface area contributed by atoms with Crippen molar-refractivity contribution in [2.75, 3.05) is 7.11 Å². The number of phenols is 1. The monoisotopic (exact) mass is 320 g/mol. The molecule has 2 rings (SSSR count). The zero-order chi connectivity index (χ0) is 16.8. The SMILES string of the molecule is [3H]C/C(=N\NC(=O)c1ccc(CC)s1)c1ccc(OC)cc1O. The number of aromatic hydroxyl groups is 1. The molecule has 0 bridgehead atoms. The van der Waals surface area contributed by atoms with Crippen LogP contribution in [-0.2, 0) is 6.42 Å². The number of hydrogen-bond acceptors (Lipinski definition) is 5. The molecule has 0 radical (unpaired) electrons. The second kappa shape index (κ2) is 7.09. The van der Waals surface area contributed by atoms with Gasteiger partial charge in [-0.15, -0.1) is 11.3 Å². The highest BCUT2D eigenvalue weighted by Gasteiger charge is 2.10.